The second kappa shape index (κ2) is 5.56. The van der Waals surface area contributed by atoms with Crippen molar-refractivity contribution in [3.05, 3.63) is 21.9 Å². The highest BCUT2D eigenvalue weighted by molar-refractivity contribution is 7.10. The number of aryl methyl sites for hydroxylation is 1. The Morgan fingerprint density at radius 1 is 1.59 bits per heavy atom. The normalized spacial score (nSPS) is 19.1. The molecule has 1 aliphatic carbocycles. The largest absolute Gasteiger partial charge is 0.381 e. The van der Waals surface area contributed by atoms with Crippen LogP contribution in [0.15, 0.2) is 11.4 Å². The molecule has 0 N–H and O–H groups in total. The number of fused-ring (bicyclic) bond motifs is 1. The Morgan fingerprint density at radius 3 is 3.18 bits per heavy atom. The van der Waals surface area contributed by atoms with Crippen LogP contribution in [0.1, 0.15) is 35.0 Å². The van der Waals surface area contributed by atoms with E-state index in [0.29, 0.717) is 26.1 Å². The molecule has 0 aromatic carbocycles. The molecule has 3 nitrogen and oxygen atoms in total. The molecule has 4 heteroatoms. The van der Waals surface area contributed by atoms with Crippen molar-refractivity contribution in [3.63, 3.8) is 0 Å². The zero-order valence-corrected chi connectivity index (χ0v) is 10.7. The van der Waals surface area contributed by atoms with Gasteiger partial charge in [0.15, 0.2) is 5.78 Å². The molecule has 0 spiro atoms. The number of ether oxygens (including phenoxy) is 1. The van der Waals surface area contributed by atoms with Crippen LogP contribution in [0.3, 0.4) is 0 Å². The highest BCUT2D eigenvalue weighted by Gasteiger charge is 2.32. The molecule has 0 aliphatic heterocycles. The summed E-state index contributed by atoms with van der Waals surface area (Å²) >= 11 is 1.61. The van der Waals surface area contributed by atoms with E-state index in [9.17, 15) is 9.59 Å². The maximum absolute atomic E-state index is 12.1. The first-order chi connectivity index (χ1) is 8.24. The van der Waals surface area contributed by atoms with Crippen LogP contribution in [0.25, 0.3) is 0 Å². The Balaban J connectivity index is 2.00. The van der Waals surface area contributed by atoms with Gasteiger partial charge in [0.2, 0.25) is 0 Å². The van der Waals surface area contributed by atoms with Gasteiger partial charge in [0.25, 0.3) is 0 Å². The summed E-state index contributed by atoms with van der Waals surface area (Å²) in [5.74, 6) is -0.396. The van der Waals surface area contributed by atoms with Gasteiger partial charge >= 0.3 is 0 Å². The molecule has 1 aromatic rings. The highest BCUT2D eigenvalue weighted by atomic mass is 32.1. The van der Waals surface area contributed by atoms with Crippen LogP contribution in [-0.4, -0.2) is 24.8 Å². The minimum Gasteiger partial charge on any atom is -0.381 e. The van der Waals surface area contributed by atoms with Gasteiger partial charge < -0.3 is 4.74 Å². The maximum Gasteiger partial charge on any atom is 0.174 e. The lowest BCUT2D eigenvalue weighted by Gasteiger charge is -2.19. The van der Waals surface area contributed by atoms with E-state index in [1.807, 2.05) is 18.4 Å². The molecule has 1 atom stereocenters. The number of hydrogen-bond acceptors (Lipinski definition) is 4. The molecule has 0 amide bonds. The summed E-state index contributed by atoms with van der Waals surface area (Å²) in [6.07, 6.45) is 1.87. The summed E-state index contributed by atoms with van der Waals surface area (Å²) in [7, 11) is 0. The Morgan fingerprint density at radius 2 is 2.41 bits per heavy atom. The number of Topliss-reactive ketones (excluding diaryl/α,β-unsaturated/α-hetero) is 2. The fourth-order valence-electron chi connectivity index (χ4n) is 2.15. The summed E-state index contributed by atoms with van der Waals surface area (Å²) in [6, 6.07) is 1.84. The average Bonchev–Trinajstić information content (AvgIpc) is 2.78. The minimum atomic E-state index is -0.433. The van der Waals surface area contributed by atoms with Crippen LogP contribution in [0, 0.1) is 5.92 Å². The minimum absolute atomic E-state index is 0.00833. The lowest BCUT2D eigenvalue weighted by atomic mass is 9.83. The maximum atomic E-state index is 12.1. The number of thiophene rings is 1. The van der Waals surface area contributed by atoms with Crippen molar-refractivity contribution in [2.75, 3.05) is 13.2 Å². The number of carbonyl (C=O) groups is 2. The third-order valence-corrected chi connectivity index (χ3v) is 4.05. The van der Waals surface area contributed by atoms with Gasteiger partial charge in [-0.15, -0.1) is 11.3 Å². The molecular formula is C13H16O3S. The van der Waals surface area contributed by atoms with Gasteiger partial charge in [-0.25, -0.2) is 0 Å². The van der Waals surface area contributed by atoms with Crippen molar-refractivity contribution in [2.24, 2.45) is 5.92 Å². The molecule has 1 aliphatic rings. The number of rotatable bonds is 5. The van der Waals surface area contributed by atoms with Crippen molar-refractivity contribution < 1.29 is 14.3 Å². The van der Waals surface area contributed by atoms with Gasteiger partial charge in [-0.3, -0.25) is 9.59 Å². The van der Waals surface area contributed by atoms with Gasteiger partial charge in [0, 0.05) is 23.5 Å². The molecule has 0 saturated heterocycles. The highest BCUT2D eigenvalue weighted by Crippen LogP contribution is 2.30. The Hall–Kier alpha value is -1.00. The topological polar surface area (TPSA) is 43.4 Å². The van der Waals surface area contributed by atoms with E-state index in [0.717, 1.165) is 16.9 Å². The van der Waals surface area contributed by atoms with Crippen molar-refractivity contribution in [2.45, 2.75) is 26.2 Å². The number of hydrogen-bond donors (Lipinski definition) is 0. The van der Waals surface area contributed by atoms with Gasteiger partial charge in [0.1, 0.15) is 5.78 Å². The first kappa shape index (κ1) is 12.5. The zero-order chi connectivity index (χ0) is 12.3. The van der Waals surface area contributed by atoms with Crippen molar-refractivity contribution in [1.82, 2.24) is 0 Å². The van der Waals surface area contributed by atoms with Crippen LogP contribution in [0.2, 0.25) is 0 Å². The van der Waals surface area contributed by atoms with Crippen LogP contribution in [0.5, 0.6) is 0 Å². The van der Waals surface area contributed by atoms with E-state index in [4.69, 9.17) is 4.74 Å². The quantitative estimate of drug-likeness (QED) is 0.597. The smallest absolute Gasteiger partial charge is 0.174 e. The molecule has 2 rings (SSSR count). The SMILES string of the molecule is CCOCCC(=O)C1CCc2sccc2C1=O. The fraction of sp³-hybridized carbons (Fsp3) is 0.538. The fourth-order valence-corrected chi connectivity index (χ4v) is 3.05. The van der Waals surface area contributed by atoms with Crippen LogP contribution in [0.4, 0.5) is 0 Å². The second-order valence-corrected chi connectivity index (χ2v) is 5.13. The number of ketones is 2. The standard InChI is InChI=1S/C13H16O3S/c1-2-16-7-5-11(14)9-3-4-12-10(13(9)15)6-8-17-12/h6,8-9H,2-5,7H2,1H3. The van der Waals surface area contributed by atoms with E-state index >= 15 is 0 Å². The summed E-state index contributed by atoms with van der Waals surface area (Å²) in [6.45, 7) is 2.93. The van der Waals surface area contributed by atoms with Gasteiger partial charge in [-0.2, -0.15) is 0 Å². The predicted molar refractivity (Wildman–Crippen MR) is 66.6 cm³/mol. The second-order valence-electron chi connectivity index (χ2n) is 4.13. The molecule has 1 heterocycles. The summed E-state index contributed by atoms with van der Waals surface area (Å²) in [5, 5.41) is 1.93. The van der Waals surface area contributed by atoms with E-state index in [1.54, 1.807) is 11.3 Å². The molecule has 1 unspecified atom stereocenters. The van der Waals surface area contributed by atoms with Crippen molar-refractivity contribution in [3.8, 4) is 0 Å². The van der Waals surface area contributed by atoms with Crippen LogP contribution in [-0.2, 0) is 16.0 Å². The van der Waals surface area contributed by atoms with Gasteiger partial charge in [-0.1, -0.05) is 0 Å². The van der Waals surface area contributed by atoms with Crippen LogP contribution < -0.4 is 0 Å². The molecule has 0 radical (unpaired) electrons. The summed E-state index contributed by atoms with van der Waals surface area (Å²) < 4.78 is 5.15. The van der Waals surface area contributed by atoms with Crippen molar-refractivity contribution >= 4 is 22.9 Å². The summed E-state index contributed by atoms with van der Waals surface area (Å²) in [5.41, 5.74) is 0.760. The van der Waals surface area contributed by atoms with E-state index < -0.39 is 5.92 Å². The Kier molecular flexibility index (Phi) is 4.07. The lowest BCUT2D eigenvalue weighted by Crippen LogP contribution is -2.29. The van der Waals surface area contributed by atoms with Gasteiger partial charge in [0.05, 0.1) is 12.5 Å². The third-order valence-electron chi connectivity index (χ3n) is 3.07. The summed E-state index contributed by atoms with van der Waals surface area (Å²) in [4.78, 5) is 25.1. The van der Waals surface area contributed by atoms with E-state index in [1.165, 1.54) is 0 Å². The zero-order valence-electron chi connectivity index (χ0n) is 9.90. The first-order valence-corrected chi connectivity index (χ1v) is 6.83. The average molecular weight is 252 g/mol. The van der Waals surface area contributed by atoms with Gasteiger partial charge in [-0.05, 0) is 31.2 Å². The first-order valence-electron chi connectivity index (χ1n) is 5.95. The van der Waals surface area contributed by atoms with Crippen molar-refractivity contribution in [1.29, 1.82) is 0 Å². The van der Waals surface area contributed by atoms with Crippen LogP contribution >= 0.6 is 11.3 Å². The Bertz CT molecular complexity index is 422. The lowest BCUT2D eigenvalue weighted by molar-refractivity contribution is -0.122. The monoisotopic (exact) mass is 252 g/mol. The van der Waals surface area contributed by atoms with E-state index in [2.05, 4.69) is 0 Å². The molecule has 92 valence electrons. The molecule has 17 heavy (non-hydrogen) atoms. The Labute approximate surface area is 105 Å². The molecule has 0 fully saturated rings. The predicted octanol–water partition coefficient (Wildman–Crippen LogP) is 2.49. The molecule has 0 bridgehead atoms. The molecule has 0 saturated carbocycles. The third kappa shape index (κ3) is 2.64. The van der Waals surface area contributed by atoms with E-state index in [-0.39, 0.29) is 11.6 Å². The molecular weight excluding hydrogens is 236 g/mol. The molecule has 1 aromatic heterocycles. The number of carbonyl (C=O) groups excluding carboxylic acids is 2.